The molecule has 0 amide bonds. The van der Waals surface area contributed by atoms with Crippen LogP contribution >= 0.6 is 0 Å². The predicted molar refractivity (Wildman–Crippen MR) is 74.5 cm³/mol. The molecule has 0 bridgehead atoms. The first kappa shape index (κ1) is 15.6. The van der Waals surface area contributed by atoms with Crippen molar-refractivity contribution in [3.8, 4) is 5.75 Å². The number of ether oxygens (including phenoxy) is 1. The maximum Gasteiger partial charge on any atom is 0.387 e. The van der Waals surface area contributed by atoms with E-state index in [2.05, 4.69) is 4.74 Å². The van der Waals surface area contributed by atoms with Gasteiger partial charge in [-0.05, 0) is 12.1 Å². The SMILES string of the molecule is O=C(O)c1ccccc1C(=O)Cc1ccccc1OC(F)F. The van der Waals surface area contributed by atoms with Crippen molar-refractivity contribution in [2.75, 3.05) is 0 Å². The maximum absolute atomic E-state index is 12.3. The number of para-hydroxylation sites is 1. The third-order valence-corrected chi connectivity index (χ3v) is 3.00. The molecule has 0 atom stereocenters. The first-order chi connectivity index (χ1) is 10.5. The van der Waals surface area contributed by atoms with Crippen LogP contribution in [0.3, 0.4) is 0 Å². The lowest BCUT2D eigenvalue weighted by atomic mass is 9.98. The minimum absolute atomic E-state index is 0.0295. The summed E-state index contributed by atoms with van der Waals surface area (Å²) in [5.41, 5.74) is 0.176. The van der Waals surface area contributed by atoms with E-state index in [0.29, 0.717) is 0 Å². The Kier molecular flexibility index (Phi) is 4.83. The average molecular weight is 306 g/mol. The van der Waals surface area contributed by atoms with Crippen LogP contribution in [-0.4, -0.2) is 23.5 Å². The van der Waals surface area contributed by atoms with Crippen LogP contribution in [0.25, 0.3) is 0 Å². The van der Waals surface area contributed by atoms with Crippen LogP contribution in [0, 0.1) is 0 Å². The second-order valence-corrected chi connectivity index (χ2v) is 4.44. The average Bonchev–Trinajstić information content (AvgIpc) is 2.48. The van der Waals surface area contributed by atoms with Gasteiger partial charge in [0.25, 0.3) is 0 Å². The number of Topliss-reactive ketones (excluding diaryl/α,β-unsaturated/α-hetero) is 1. The Bertz CT molecular complexity index is 698. The van der Waals surface area contributed by atoms with E-state index in [0.717, 1.165) is 0 Å². The number of benzene rings is 2. The van der Waals surface area contributed by atoms with Crippen molar-refractivity contribution in [3.63, 3.8) is 0 Å². The van der Waals surface area contributed by atoms with Crippen LogP contribution < -0.4 is 4.74 Å². The fraction of sp³-hybridized carbons (Fsp3) is 0.125. The van der Waals surface area contributed by atoms with Gasteiger partial charge in [0.05, 0.1) is 5.56 Å². The van der Waals surface area contributed by atoms with Crippen LogP contribution in [0.4, 0.5) is 8.78 Å². The van der Waals surface area contributed by atoms with Gasteiger partial charge in [-0.3, -0.25) is 4.79 Å². The minimum atomic E-state index is -3.00. The topological polar surface area (TPSA) is 63.6 Å². The lowest BCUT2D eigenvalue weighted by Crippen LogP contribution is -2.12. The highest BCUT2D eigenvalue weighted by Crippen LogP contribution is 2.22. The molecule has 1 N–H and O–H groups in total. The largest absolute Gasteiger partial charge is 0.478 e. The second-order valence-electron chi connectivity index (χ2n) is 4.44. The van der Waals surface area contributed by atoms with Crippen LogP contribution in [0.2, 0.25) is 0 Å². The van der Waals surface area contributed by atoms with Gasteiger partial charge in [0.15, 0.2) is 5.78 Å². The van der Waals surface area contributed by atoms with E-state index in [1.165, 1.54) is 36.4 Å². The zero-order valence-electron chi connectivity index (χ0n) is 11.3. The molecular formula is C16H12F2O4. The van der Waals surface area contributed by atoms with Crippen molar-refractivity contribution in [2.24, 2.45) is 0 Å². The van der Waals surface area contributed by atoms with Crippen LogP contribution in [-0.2, 0) is 6.42 Å². The fourth-order valence-corrected chi connectivity index (χ4v) is 2.04. The molecule has 0 aliphatic carbocycles. The van der Waals surface area contributed by atoms with Crippen molar-refractivity contribution in [1.82, 2.24) is 0 Å². The van der Waals surface area contributed by atoms with Crippen molar-refractivity contribution >= 4 is 11.8 Å². The summed E-state index contributed by atoms with van der Waals surface area (Å²) < 4.78 is 29.0. The van der Waals surface area contributed by atoms with Gasteiger partial charge >= 0.3 is 12.6 Å². The molecule has 0 aliphatic rings. The number of carbonyl (C=O) groups is 2. The summed E-state index contributed by atoms with van der Waals surface area (Å²) in [4.78, 5) is 23.4. The summed E-state index contributed by atoms with van der Waals surface area (Å²) in [5.74, 6) is -1.80. The standard InChI is InChI=1S/C16H12F2O4/c17-16(18)22-14-8-4-1-5-10(14)9-13(19)11-6-2-3-7-12(11)15(20)21/h1-8,16H,9H2,(H,20,21). The van der Waals surface area contributed by atoms with Crippen molar-refractivity contribution in [1.29, 1.82) is 0 Å². The van der Waals surface area contributed by atoms with E-state index < -0.39 is 18.4 Å². The van der Waals surface area contributed by atoms with Crippen LogP contribution in [0.15, 0.2) is 48.5 Å². The molecule has 0 fully saturated rings. The Morgan fingerprint density at radius 3 is 2.23 bits per heavy atom. The summed E-state index contributed by atoms with van der Waals surface area (Å²) in [6.07, 6.45) is -0.229. The molecule has 4 nitrogen and oxygen atoms in total. The molecular weight excluding hydrogens is 294 g/mol. The minimum Gasteiger partial charge on any atom is -0.478 e. The summed E-state index contributed by atoms with van der Waals surface area (Å²) in [6, 6.07) is 11.7. The van der Waals surface area contributed by atoms with Gasteiger partial charge in [-0.25, -0.2) is 4.79 Å². The third kappa shape index (κ3) is 3.66. The number of carboxylic acid groups (broad SMARTS) is 1. The Morgan fingerprint density at radius 2 is 1.59 bits per heavy atom. The first-order valence-electron chi connectivity index (χ1n) is 6.37. The number of carbonyl (C=O) groups excluding carboxylic acids is 1. The normalized spacial score (nSPS) is 10.5. The molecule has 0 heterocycles. The summed E-state index contributed by atoms with van der Waals surface area (Å²) in [5, 5.41) is 9.08. The second kappa shape index (κ2) is 6.80. The van der Waals surface area contributed by atoms with Gasteiger partial charge in [-0.15, -0.1) is 0 Å². The molecule has 0 aliphatic heterocycles. The Hall–Kier alpha value is -2.76. The lowest BCUT2D eigenvalue weighted by Gasteiger charge is -2.10. The number of hydrogen-bond acceptors (Lipinski definition) is 3. The molecule has 0 unspecified atom stereocenters. The van der Waals surface area contributed by atoms with Crippen molar-refractivity contribution < 1.29 is 28.2 Å². The number of aromatic carboxylic acids is 1. The number of carboxylic acids is 1. The van der Waals surface area contributed by atoms with Gasteiger partial charge in [0.1, 0.15) is 5.75 Å². The van der Waals surface area contributed by atoms with Gasteiger partial charge < -0.3 is 9.84 Å². The smallest absolute Gasteiger partial charge is 0.387 e. The maximum atomic E-state index is 12.3. The number of halogens is 2. The van der Waals surface area contributed by atoms with E-state index in [-0.39, 0.29) is 28.9 Å². The van der Waals surface area contributed by atoms with Gasteiger partial charge in [-0.2, -0.15) is 8.78 Å². The van der Waals surface area contributed by atoms with E-state index in [4.69, 9.17) is 5.11 Å². The predicted octanol–water partition coefficient (Wildman–Crippen LogP) is 3.41. The highest BCUT2D eigenvalue weighted by molar-refractivity contribution is 6.06. The Morgan fingerprint density at radius 1 is 1.00 bits per heavy atom. The monoisotopic (exact) mass is 306 g/mol. The van der Waals surface area contributed by atoms with Gasteiger partial charge in [-0.1, -0.05) is 36.4 Å². The van der Waals surface area contributed by atoms with Gasteiger partial charge in [0.2, 0.25) is 0 Å². The van der Waals surface area contributed by atoms with E-state index in [9.17, 15) is 18.4 Å². The molecule has 0 saturated heterocycles. The van der Waals surface area contributed by atoms with Crippen LogP contribution in [0.5, 0.6) is 5.75 Å². The van der Waals surface area contributed by atoms with E-state index in [1.54, 1.807) is 12.1 Å². The quantitative estimate of drug-likeness (QED) is 0.831. The Balaban J connectivity index is 2.29. The molecule has 2 aromatic carbocycles. The third-order valence-electron chi connectivity index (χ3n) is 3.00. The zero-order chi connectivity index (χ0) is 16.1. The molecule has 2 rings (SSSR count). The molecule has 0 aromatic heterocycles. The number of alkyl halides is 2. The van der Waals surface area contributed by atoms with Crippen molar-refractivity contribution in [2.45, 2.75) is 13.0 Å². The van der Waals surface area contributed by atoms with Crippen LogP contribution in [0.1, 0.15) is 26.3 Å². The molecule has 0 saturated carbocycles. The number of hydrogen-bond donors (Lipinski definition) is 1. The van der Waals surface area contributed by atoms with Crippen molar-refractivity contribution in [3.05, 3.63) is 65.2 Å². The molecule has 6 heteroatoms. The molecule has 114 valence electrons. The van der Waals surface area contributed by atoms with E-state index in [1.807, 2.05) is 0 Å². The van der Waals surface area contributed by atoms with E-state index >= 15 is 0 Å². The lowest BCUT2D eigenvalue weighted by molar-refractivity contribution is -0.0504. The highest BCUT2D eigenvalue weighted by atomic mass is 19.3. The summed E-state index contributed by atoms with van der Waals surface area (Å²) >= 11 is 0. The number of rotatable bonds is 6. The Labute approximate surface area is 125 Å². The van der Waals surface area contributed by atoms with Gasteiger partial charge in [0, 0.05) is 17.5 Å². The molecule has 0 spiro atoms. The first-order valence-corrected chi connectivity index (χ1v) is 6.37. The highest BCUT2D eigenvalue weighted by Gasteiger charge is 2.18. The molecule has 0 radical (unpaired) electrons. The number of ketones is 1. The molecule has 22 heavy (non-hydrogen) atoms. The zero-order valence-corrected chi connectivity index (χ0v) is 11.3. The summed E-state index contributed by atoms with van der Waals surface area (Å²) in [7, 11) is 0. The fourth-order valence-electron chi connectivity index (χ4n) is 2.04. The molecule has 2 aromatic rings. The summed E-state index contributed by atoms with van der Waals surface area (Å²) in [6.45, 7) is -3.00.